The van der Waals surface area contributed by atoms with Crippen LogP contribution in [-0.4, -0.2) is 23.5 Å². The van der Waals surface area contributed by atoms with Gasteiger partial charge in [-0.3, -0.25) is 4.79 Å². The third kappa shape index (κ3) is 2.02. The van der Waals surface area contributed by atoms with Crippen LogP contribution in [0.25, 0.3) is 0 Å². The van der Waals surface area contributed by atoms with Gasteiger partial charge in [0.05, 0.1) is 5.56 Å². The Balaban J connectivity index is 2.40. The van der Waals surface area contributed by atoms with Crippen LogP contribution in [0.15, 0.2) is 18.2 Å². The summed E-state index contributed by atoms with van der Waals surface area (Å²) in [6.45, 7) is 0.623. The second-order valence-electron chi connectivity index (χ2n) is 3.65. The number of rotatable bonds is 2. The van der Waals surface area contributed by atoms with Crippen LogP contribution in [0.2, 0.25) is 5.02 Å². The van der Waals surface area contributed by atoms with Gasteiger partial charge in [-0.15, -0.1) is 0 Å². The lowest BCUT2D eigenvalue weighted by molar-refractivity contribution is -0.117. The first kappa shape index (κ1) is 11.0. The van der Waals surface area contributed by atoms with Gasteiger partial charge >= 0.3 is 5.97 Å². The number of nitrogens with zero attached hydrogens (tertiary/aromatic N) is 1. The summed E-state index contributed by atoms with van der Waals surface area (Å²) in [5, 5.41) is 9.21. The van der Waals surface area contributed by atoms with Crippen LogP contribution in [-0.2, 0) is 4.79 Å². The minimum atomic E-state index is -1.05. The monoisotopic (exact) mass is 239 g/mol. The smallest absolute Gasteiger partial charge is 0.335 e. The van der Waals surface area contributed by atoms with E-state index in [0.717, 1.165) is 6.42 Å². The van der Waals surface area contributed by atoms with E-state index in [4.69, 9.17) is 16.7 Å². The van der Waals surface area contributed by atoms with E-state index in [9.17, 15) is 9.59 Å². The molecule has 1 N–H and O–H groups in total. The largest absolute Gasteiger partial charge is 0.478 e. The molecule has 0 aromatic heterocycles. The van der Waals surface area contributed by atoms with Crippen molar-refractivity contribution >= 4 is 29.2 Å². The fourth-order valence-corrected chi connectivity index (χ4v) is 2.00. The standard InChI is InChI=1S/C11H10ClNO3/c12-8-4-7(11(15)16)5-9(6-8)13-3-1-2-10(13)14/h4-6H,1-3H2,(H,15,16). The first-order chi connectivity index (χ1) is 7.58. The van der Waals surface area contributed by atoms with Crippen LogP contribution < -0.4 is 4.90 Å². The van der Waals surface area contributed by atoms with Crippen molar-refractivity contribution in [2.45, 2.75) is 12.8 Å². The highest BCUT2D eigenvalue weighted by atomic mass is 35.5. The summed E-state index contributed by atoms with van der Waals surface area (Å²) in [6.07, 6.45) is 1.31. The molecule has 5 heteroatoms. The Hall–Kier alpha value is -1.55. The van der Waals surface area contributed by atoms with Gasteiger partial charge in [0, 0.05) is 23.7 Å². The van der Waals surface area contributed by atoms with Gasteiger partial charge in [0.2, 0.25) is 5.91 Å². The van der Waals surface area contributed by atoms with Crippen LogP contribution in [0.5, 0.6) is 0 Å². The second kappa shape index (κ2) is 4.14. The molecule has 0 radical (unpaired) electrons. The zero-order valence-electron chi connectivity index (χ0n) is 8.44. The number of anilines is 1. The number of halogens is 1. The van der Waals surface area contributed by atoms with Crippen molar-refractivity contribution in [1.29, 1.82) is 0 Å². The number of carbonyl (C=O) groups excluding carboxylic acids is 1. The van der Waals surface area contributed by atoms with Gasteiger partial charge in [-0.25, -0.2) is 4.79 Å². The average molecular weight is 240 g/mol. The highest BCUT2D eigenvalue weighted by molar-refractivity contribution is 6.31. The van der Waals surface area contributed by atoms with Crippen molar-refractivity contribution in [3.05, 3.63) is 28.8 Å². The molecule has 0 bridgehead atoms. The summed E-state index contributed by atoms with van der Waals surface area (Å²) in [6, 6.07) is 4.45. The average Bonchev–Trinajstić information content (AvgIpc) is 2.63. The van der Waals surface area contributed by atoms with Gasteiger partial charge in [-0.05, 0) is 24.6 Å². The maximum atomic E-state index is 11.5. The lowest BCUT2D eigenvalue weighted by Crippen LogP contribution is -2.23. The molecule has 16 heavy (non-hydrogen) atoms. The van der Waals surface area contributed by atoms with Crippen molar-refractivity contribution in [1.82, 2.24) is 0 Å². The van der Waals surface area contributed by atoms with Crippen molar-refractivity contribution in [3.8, 4) is 0 Å². The molecule has 2 rings (SSSR count). The van der Waals surface area contributed by atoms with E-state index in [-0.39, 0.29) is 11.5 Å². The number of amides is 1. The molecular formula is C11H10ClNO3. The number of hydrogen-bond donors (Lipinski definition) is 1. The molecule has 84 valence electrons. The fraction of sp³-hybridized carbons (Fsp3) is 0.273. The predicted molar refractivity (Wildman–Crippen MR) is 60.0 cm³/mol. The Morgan fingerprint density at radius 3 is 2.69 bits per heavy atom. The molecular weight excluding hydrogens is 230 g/mol. The Bertz CT molecular complexity index is 459. The van der Waals surface area contributed by atoms with Gasteiger partial charge in [0.15, 0.2) is 0 Å². The molecule has 0 spiro atoms. The van der Waals surface area contributed by atoms with Crippen LogP contribution >= 0.6 is 11.6 Å². The summed E-state index contributed by atoms with van der Waals surface area (Å²) < 4.78 is 0. The molecule has 1 fully saturated rings. The Morgan fingerprint density at radius 2 is 2.12 bits per heavy atom. The highest BCUT2D eigenvalue weighted by Crippen LogP contribution is 2.26. The summed E-state index contributed by atoms with van der Waals surface area (Å²) in [5.74, 6) is -1.03. The van der Waals surface area contributed by atoms with E-state index in [1.165, 1.54) is 12.1 Å². The van der Waals surface area contributed by atoms with E-state index >= 15 is 0 Å². The molecule has 1 saturated heterocycles. The van der Waals surface area contributed by atoms with Crippen LogP contribution in [0.3, 0.4) is 0 Å². The zero-order valence-corrected chi connectivity index (χ0v) is 9.20. The van der Waals surface area contributed by atoms with Crippen LogP contribution in [0.4, 0.5) is 5.69 Å². The van der Waals surface area contributed by atoms with E-state index in [1.807, 2.05) is 0 Å². The second-order valence-corrected chi connectivity index (χ2v) is 4.09. The number of carboxylic acids is 1. The number of carbonyl (C=O) groups is 2. The minimum absolute atomic E-state index is 0.0126. The molecule has 0 atom stereocenters. The molecule has 1 aliphatic rings. The van der Waals surface area contributed by atoms with Gasteiger partial charge in [0.1, 0.15) is 0 Å². The molecule has 1 heterocycles. The third-order valence-electron chi connectivity index (χ3n) is 2.51. The van der Waals surface area contributed by atoms with E-state index in [0.29, 0.717) is 23.7 Å². The van der Waals surface area contributed by atoms with Crippen molar-refractivity contribution in [2.24, 2.45) is 0 Å². The van der Waals surface area contributed by atoms with Gasteiger partial charge < -0.3 is 10.0 Å². The number of hydrogen-bond acceptors (Lipinski definition) is 2. The normalized spacial score (nSPS) is 15.6. The van der Waals surface area contributed by atoms with Crippen LogP contribution in [0, 0.1) is 0 Å². The lowest BCUT2D eigenvalue weighted by Gasteiger charge is -2.16. The minimum Gasteiger partial charge on any atom is -0.478 e. The molecule has 1 aromatic rings. The number of benzene rings is 1. The zero-order chi connectivity index (χ0) is 11.7. The summed E-state index contributed by atoms with van der Waals surface area (Å²) in [4.78, 5) is 23.9. The molecule has 1 aliphatic heterocycles. The molecule has 0 unspecified atom stereocenters. The molecule has 1 aromatic carbocycles. The molecule has 1 amide bonds. The SMILES string of the molecule is O=C(O)c1cc(Cl)cc(N2CCCC2=O)c1. The Kier molecular flexibility index (Phi) is 2.83. The maximum Gasteiger partial charge on any atom is 0.335 e. The Labute approximate surface area is 97.4 Å². The van der Waals surface area contributed by atoms with E-state index in [1.54, 1.807) is 11.0 Å². The predicted octanol–water partition coefficient (Wildman–Crippen LogP) is 2.17. The van der Waals surface area contributed by atoms with Gasteiger partial charge in [-0.1, -0.05) is 11.6 Å². The van der Waals surface area contributed by atoms with Gasteiger partial charge in [0.25, 0.3) is 0 Å². The highest BCUT2D eigenvalue weighted by Gasteiger charge is 2.22. The molecule has 0 aliphatic carbocycles. The van der Waals surface area contributed by atoms with Crippen molar-refractivity contribution < 1.29 is 14.7 Å². The van der Waals surface area contributed by atoms with E-state index < -0.39 is 5.97 Å². The third-order valence-corrected chi connectivity index (χ3v) is 2.73. The molecule has 0 saturated carbocycles. The number of carboxylic acid groups (broad SMARTS) is 1. The first-order valence-corrected chi connectivity index (χ1v) is 5.30. The van der Waals surface area contributed by atoms with E-state index in [2.05, 4.69) is 0 Å². The summed E-state index contributed by atoms with van der Waals surface area (Å²) in [7, 11) is 0. The van der Waals surface area contributed by atoms with Gasteiger partial charge in [-0.2, -0.15) is 0 Å². The molecule has 4 nitrogen and oxygen atoms in total. The Morgan fingerprint density at radius 1 is 1.38 bits per heavy atom. The summed E-state index contributed by atoms with van der Waals surface area (Å²) in [5.41, 5.74) is 0.662. The topological polar surface area (TPSA) is 57.6 Å². The maximum absolute atomic E-state index is 11.5. The first-order valence-electron chi connectivity index (χ1n) is 4.92. The van der Waals surface area contributed by atoms with Crippen molar-refractivity contribution in [2.75, 3.05) is 11.4 Å². The summed E-state index contributed by atoms with van der Waals surface area (Å²) >= 11 is 5.82. The van der Waals surface area contributed by atoms with Crippen LogP contribution in [0.1, 0.15) is 23.2 Å². The quantitative estimate of drug-likeness (QED) is 0.861. The lowest BCUT2D eigenvalue weighted by atomic mass is 10.2. The van der Waals surface area contributed by atoms with Crippen molar-refractivity contribution in [3.63, 3.8) is 0 Å². The fourth-order valence-electron chi connectivity index (χ4n) is 1.77. The number of aromatic carboxylic acids is 1.